The van der Waals surface area contributed by atoms with E-state index in [9.17, 15) is 0 Å². The minimum Gasteiger partial charge on any atom is -0.241 e. The highest BCUT2D eigenvalue weighted by Crippen LogP contribution is 2.41. The van der Waals surface area contributed by atoms with Crippen molar-refractivity contribution in [1.29, 1.82) is 0 Å². The lowest BCUT2D eigenvalue weighted by molar-refractivity contribution is -0.0612. The zero-order chi connectivity index (χ0) is 14.5. The van der Waals surface area contributed by atoms with Gasteiger partial charge in [0.2, 0.25) is 5.79 Å². The van der Waals surface area contributed by atoms with Gasteiger partial charge in [-0.1, -0.05) is 56.0 Å². The van der Waals surface area contributed by atoms with Crippen LogP contribution in [0, 0.1) is 5.92 Å². The van der Waals surface area contributed by atoms with Crippen LogP contribution in [0.4, 0.5) is 4.39 Å². The summed E-state index contributed by atoms with van der Waals surface area (Å²) < 4.78 is 16.0. The van der Waals surface area contributed by atoms with Gasteiger partial charge in [0.15, 0.2) is 0 Å². The molecule has 1 aromatic carbocycles. The van der Waals surface area contributed by atoms with Gasteiger partial charge in [-0.25, -0.2) is 14.8 Å². The number of piperidine rings is 1. The topological polar surface area (TPSA) is 15.3 Å². The highest BCUT2D eigenvalue weighted by Gasteiger charge is 2.42. The predicted octanol–water partition coefficient (Wildman–Crippen LogP) is 4.38. The van der Waals surface area contributed by atoms with Crippen LogP contribution < -0.4 is 5.43 Å². The number of nitrogens with one attached hydrogen (secondary N) is 1. The van der Waals surface area contributed by atoms with E-state index >= 15 is 4.39 Å². The molecule has 116 valence electrons. The van der Waals surface area contributed by atoms with Crippen molar-refractivity contribution in [2.45, 2.75) is 57.2 Å². The quantitative estimate of drug-likeness (QED) is 0.828. The van der Waals surface area contributed by atoms with E-state index in [0.29, 0.717) is 0 Å². The number of hydrogen-bond acceptors (Lipinski definition) is 2. The number of hydrazine groups is 1. The second-order valence-electron chi connectivity index (χ2n) is 6.57. The van der Waals surface area contributed by atoms with Crippen molar-refractivity contribution in [2.75, 3.05) is 13.1 Å². The van der Waals surface area contributed by atoms with Gasteiger partial charge in [0.05, 0.1) is 0 Å². The molecule has 0 spiro atoms. The zero-order valence-electron chi connectivity index (χ0n) is 12.9. The summed E-state index contributed by atoms with van der Waals surface area (Å²) in [6.07, 6.45) is 9.16. The molecule has 1 aliphatic heterocycles. The van der Waals surface area contributed by atoms with E-state index in [1.54, 1.807) is 0 Å². The largest absolute Gasteiger partial charge is 0.241 e. The molecule has 1 heterocycles. The maximum Gasteiger partial charge on any atom is 0.202 e. The van der Waals surface area contributed by atoms with Gasteiger partial charge >= 0.3 is 0 Å². The number of alkyl halides is 1. The molecule has 0 bridgehead atoms. The van der Waals surface area contributed by atoms with Gasteiger partial charge in [-0.05, 0) is 25.7 Å². The molecule has 1 aromatic rings. The average molecular weight is 290 g/mol. The van der Waals surface area contributed by atoms with Gasteiger partial charge in [0.25, 0.3) is 0 Å². The molecule has 1 aliphatic carbocycles. The standard InChI is InChI=1S/C18H27FN2/c19-18(16-10-4-1-5-11-16,17-12-6-2-7-13-17)20-21-14-8-3-9-15-21/h1,4-5,10-11,17,20H,2-3,6-9,12-15H2. The fourth-order valence-electron chi connectivity index (χ4n) is 3.81. The summed E-state index contributed by atoms with van der Waals surface area (Å²) in [4.78, 5) is 0. The first-order chi connectivity index (χ1) is 10.3. The van der Waals surface area contributed by atoms with Crippen LogP contribution in [0.5, 0.6) is 0 Å². The first kappa shape index (κ1) is 15.0. The van der Waals surface area contributed by atoms with E-state index in [4.69, 9.17) is 0 Å². The Balaban J connectivity index is 1.82. The first-order valence-corrected chi connectivity index (χ1v) is 8.56. The number of hydrogen-bond donors (Lipinski definition) is 1. The van der Waals surface area contributed by atoms with Gasteiger partial charge in [-0.2, -0.15) is 0 Å². The lowest BCUT2D eigenvalue weighted by atomic mass is 9.79. The minimum absolute atomic E-state index is 0.0931. The summed E-state index contributed by atoms with van der Waals surface area (Å²) in [5, 5.41) is 2.12. The molecule has 1 N–H and O–H groups in total. The van der Waals surface area contributed by atoms with Gasteiger partial charge in [0.1, 0.15) is 0 Å². The number of benzene rings is 1. The molecule has 3 rings (SSSR count). The van der Waals surface area contributed by atoms with Crippen molar-refractivity contribution in [3.63, 3.8) is 0 Å². The van der Waals surface area contributed by atoms with Crippen LogP contribution in [-0.4, -0.2) is 18.1 Å². The van der Waals surface area contributed by atoms with Crippen LogP contribution in [0.1, 0.15) is 56.9 Å². The third-order valence-electron chi connectivity index (χ3n) is 5.04. The summed E-state index contributed by atoms with van der Waals surface area (Å²) in [7, 11) is 0. The molecule has 21 heavy (non-hydrogen) atoms. The molecule has 0 aromatic heterocycles. The molecule has 1 saturated heterocycles. The first-order valence-electron chi connectivity index (χ1n) is 8.56. The monoisotopic (exact) mass is 290 g/mol. The number of nitrogens with zero attached hydrogens (tertiary/aromatic N) is 1. The molecular weight excluding hydrogens is 263 g/mol. The summed E-state index contributed by atoms with van der Waals surface area (Å²) in [5.74, 6) is -1.31. The van der Waals surface area contributed by atoms with E-state index in [2.05, 4.69) is 10.4 Å². The Kier molecular flexibility index (Phi) is 4.91. The predicted molar refractivity (Wildman–Crippen MR) is 84.4 cm³/mol. The highest BCUT2D eigenvalue weighted by atomic mass is 19.1. The molecule has 2 aliphatic rings. The van der Waals surface area contributed by atoms with Gasteiger partial charge < -0.3 is 0 Å². The third-order valence-corrected chi connectivity index (χ3v) is 5.04. The van der Waals surface area contributed by atoms with Crippen LogP contribution >= 0.6 is 0 Å². The lowest BCUT2D eigenvalue weighted by Crippen LogP contribution is -2.55. The fourth-order valence-corrected chi connectivity index (χ4v) is 3.81. The van der Waals surface area contributed by atoms with Crippen molar-refractivity contribution in [2.24, 2.45) is 5.92 Å². The van der Waals surface area contributed by atoms with Gasteiger partial charge in [0, 0.05) is 24.6 Å². The Hall–Kier alpha value is -0.930. The SMILES string of the molecule is FC(NN1CCCCC1)(c1ccccc1)C1CCCCC1. The lowest BCUT2D eigenvalue weighted by Gasteiger charge is -2.42. The van der Waals surface area contributed by atoms with E-state index in [1.807, 2.05) is 30.3 Å². The molecule has 1 saturated carbocycles. The molecule has 0 radical (unpaired) electrons. The number of halogens is 1. The molecule has 3 heteroatoms. The summed E-state index contributed by atoms with van der Waals surface area (Å²) >= 11 is 0. The minimum atomic E-state index is -1.40. The smallest absolute Gasteiger partial charge is 0.202 e. The maximum atomic E-state index is 16.0. The van der Waals surface area contributed by atoms with Crippen molar-refractivity contribution >= 4 is 0 Å². The van der Waals surface area contributed by atoms with Crippen LogP contribution in [0.15, 0.2) is 30.3 Å². The van der Waals surface area contributed by atoms with Crippen LogP contribution in [0.3, 0.4) is 0 Å². The van der Waals surface area contributed by atoms with E-state index in [1.165, 1.54) is 25.7 Å². The Labute approximate surface area is 127 Å². The second kappa shape index (κ2) is 6.89. The second-order valence-corrected chi connectivity index (χ2v) is 6.57. The van der Waals surface area contributed by atoms with Crippen LogP contribution in [0.2, 0.25) is 0 Å². The fraction of sp³-hybridized carbons (Fsp3) is 0.667. The van der Waals surface area contributed by atoms with Gasteiger partial charge in [-0.3, -0.25) is 0 Å². The van der Waals surface area contributed by atoms with Crippen molar-refractivity contribution in [1.82, 2.24) is 10.4 Å². The van der Waals surface area contributed by atoms with E-state index in [-0.39, 0.29) is 5.92 Å². The molecule has 2 nitrogen and oxygen atoms in total. The molecule has 1 atom stereocenters. The summed E-state index contributed by atoms with van der Waals surface area (Å²) in [5.41, 5.74) is 4.08. The van der Waals surface area contributed by atoms with Crippen molar-refractivity contribution < 1.29 is 4.39 Å². The Bertz CT molecular complexity index is 424. The number of rotatable bonds is 4. The van der Waals surface area contributed by atoms with Crippen molar-refractivity contribution in [3.8, 4) is 0 Å². The maximum absolute atomic E-state index is 16.0. The summed E-state index contributed by atoms with van der Waals surface area (Å²) in [6, 6.07) is 9.73. The zero-order valence-corrected chi connectivity index (χ0v) is 12.9. The summed E-state index contributed by atoms with van der Waals surface area (Å²) in [6.45, 7) is 1.93. The Morgan fingerprint density at radius 3 is 2.19 bits per heavy atom. The third kappa shape index (κ3) is 3.46. The normalized spacial score (nSPS) is 24.6. The van der Waals surface area contributed by atoms with Crippen LogP contribution in [-0.2, 0) is 5.79 Å². The van der Waals surface area contributed by atoms with Crippen LogP contribution in [0.25, 0.3) is 0 Å². The molecular formula is C18H27FN2. The molecule has 1 unspecified atom stereocenters. The Morgan fingerprint density at radius 2 is 1.52 bits per heavy atom. The Morgan fingerprint density at radius 1 is 0.905 bits per heavy atom. The van der Waals surface area contributed by atoms with E-state index < -0.39 is 5.79 Å². The van der Waals surface area contributed by atoms with Gasteiger partial charge in [-0.15, -0.1) is 0 Å². The van der Waals surface area contributed by atoms with Crippen molar-refractivity contribution in [3.05, 3.63) is 35.9 Å². The van der Waals surface area contributed by atoms with E-state index in [0.717, 1.165) is 44.3 Å². The highest BCUT2D eigenvalue weighted by molar-refractivity contribution is 5.23. The average Bonchev–Trinajstić information content (AvgIpc) is 2.57. The molecule has 2 fully saturated rings. The molecule has 0 amide bonds.